The van der Waals surface area contributed by atoms with Gasteiger partial charge in [-0.1, -0.05) is 18.2 Å². The van der Waals surface area contributed by atoms with E-state index in [0.29, 0.717) is 11.3 Å². The average molecular weight is 346 g/mol. The van der Waals surface area contributed by atoms with Crippen molar-refractivity contribution in [1.82, 2.24) is 10.3 Å². The van der Waals surface area contributed by atoms with Crippen LogP contribution < -0.4 is 5.32 Å². The van der Waals surface area contributed by atoms with Crippen LogP contribution in [0.3, 0.4) is 0 Å². The van der Waals surface area contributed by atoms with Gasteiger partial charge in [0.25, 0.3) is 5.91 Å². The Kier molecular flexibility index (Phi) is 5.82. The summed E-state index contributed by atoms with van der Waals surface area (Å²) < 4.78 is 23.9. The molecule has 0 aliphatic rings. The Hall–Kier alpha value is -2.80. The van der Waals surface area contributed by atoms with Crippen LogP contribution in [-0.2, 0) is 26.4 Å². The van der Waals surface area contributed by atoms with Gasteiger partial charge in [-0.25, -0.2) is 9.18 Å². The van der Waals surface area contributed by atoms with E-state index in [1.807, 2.05) is 0 Å². The number of amides is 1. The van der Waals surface area contributed by atoms with Gasteiger partial charge in [-0.05, 0) is 25.1 Å². The first-order chi connectivity index (χ1) is 11.9. The van der Waals surface area contributed by atoms with E-state index in [9.17, 15) is 14.0 Å². The summed E-state index contributed by atoms with van der Waals surface area (Å²) in [7, 11) is 2.63. The minimum absolute atomic E-state index is 0.105. The molecule has 0 aliphatic heterocycles. The van der Waals surface area contributed by atoms with Crippen molar-refractivity contribution in [2.75, 3.05) is 14.2 Å². The Balaban J connectivity index is 2.10. The molecule has 1 aromatic carbocycles. The molecule has 132 valence electrons. The lowest BCUT2D eigenvalue weighted by molar-refractivity contribution is -0.143. The topological polar surface area (TPSA) is 77.5 Å². The number of rotatable bonds is 6. The smallest absolute Gasteiger partial charge is 0.339 e. The monoisotopic (exact) mass is 346 g/mol. The SMILES string of the molecule is COC(=O)c1ccc(CNC(=O)[C@](C)(OC)c2ccccc2F)nc1. The molecule has 1 amide bonds. The molecule has 7 heteroatoms. The summed E-state index contributed by atoms with van der Waals surface area (Å²) in [6.07, 6.45) is 1.36. The van der Waals surface area contributed by atoms with Crippen LogP contribution in [0, 0.1) is 5.82 Å². The zero-order valence-corrected chi connectivity index (χ0v) is 14.2. The van der Waals surface area contributed by atoms with Crippen molar-refractivity contribution in [3.8, 4) is 0 Å². The number of hydrogen-bond donors (Lipinski definition) is 1. The number of esters is 1. The summed E-state index contributed by atoms with van der Waals surface area (Å²) >= 11 is 0. The second kappa shape index (κ2) is 7.85. The molecule has 0 radical (unpaired) electrons. The fourth-order valence-electron chi connectivity index (χ4n) is 2.28. The molecule has 1 N–H and O–H groups in total. The summed E-state index contributed by atoms with van der Waals surface area (Å²) in [5.41, 5.74) is -0.486. The Labute approximate surface area is 145 Å². The van der Waals surface area contributed by atoms with Crippen molar-refractivity contribution < 1.29 is 23.5 Å². The third-order valence-electron chi connectivity index (χ3n) is 3.91. The van der Waals surface area contributed by atoms with Crippen molar-refractivity contribution in [2.45, 2.75) is 19.1 Å². The number of methoxy groups -OCH3 is 2. The largest absolute Gasteiger partial charge is 0.465 e. The molecule has 6 nitrogen and oxygen atoms in total. The third kappa shape index (κ3) is 4.00. The van der Waals surface area contributed by atoms with E-state index < -0.39 is 23.3 Å². The number of nitrogens with zero attached hydrogens (tertiary/aromatic N) is 1. The maximum Gasteiger partial charge on any atom is 0.339 e. The number of pyridine rings is 1. The van der Waals surface area contributed by atoms with Gasteiger partial charge in [0.1, 0.15) is 5.82 Å². The normalized spacial score (nSPS) is 13.0. The van der Waals surface area contributed by atoms with Gasteiger partial charge in [0.2, 0.25) is 0 Å². The highest BCUT2D eigenvalue weighted by atomic mass is 19.1. The molecule has 2 rings (SSSR count). The minimum Gasteiger partial charge on any atom is -0.465 e. The first-order valence-corrected chi connectivity index (χ1v) is 7.54. The van der Waals surface area contributed by atoms with E-state index in [1.165, 1.54) is 39.5 Å². The molecular formula is C18H19FN2O4. The molecule has 0 saturated carbocycles. The first-order valence-electron chi connectivity index (χ1n) is 7.54. The highest BCUT2D eigenvalue weighted by molar-refractivity contribution is 5.89. The summed E-state index contributed by atoms with van der Waals surface area (Å²) in [5.74, 6) is -1.52. The van der Waals surface area contributed by atoms with Crippen molar-refractivity contribution in [3.05, 3.63) is 65.2 Å². The van der Waals surface area contributed by atoms with Gasteiger partial charge in [0.05, 0.1) is 24.9 Å². The second-order valence-corrected chi connectivity index (χ2v) is 5.43. The summed E-state index contributed by atoms with van der Waals surface area (Å²) in [6.45, 7) is 1.60. The number of carbonyl (C=O) groups excluding carboxylic acids is 2. The minimum atomic E-state index is -1.47. The lowest BCUT2D eigenvalue weighted by Crippen LogP contribution is -2.44. The molecule has 0 unspecified atom stereocenters. The number of hydrogen-bond acceptors (Lipinski definition) is 5. The molecule has 0 fully saturated rings. The van der Waals surface area contributed by atoms with E-state index in [0.717, 1.165) is 0 Å². The number of benzene rings is 1. The zero-order chi connectivity index (χ0) is 18.4. The van der Waals surface area contributed by atoms with E-state index >= 15 is 0 Å². The van der Waals surface area contributed by atoms with Crippen molar-refractivity contribution >= 4 is 11.9 Å². The molecule has 0 saturated heterocycles. The number of aromatic nitrogens is 1. The average Bonchev–Trinajstić information content (AvgIpc) is 2.65. The zero-order valence-electron chi connectivity index (χ0n) is 14.2. The van der Waals surface area contributed by atoms with Gasteiger partial charge < -0.3 is 14.8 Å². The molecule has 25 heavy (non-hydrogen) atoms. The maximum atomic E-state index is 14.0. The van der Waals surface area contributed by atoms with Crippen molar-refractivity contribution in [3.63, 3.8) is 0 Å². The standard InChI is InChI=1S/C18H19FN2O4/c1-18(25-3,14-6-4-5-7-15(14)19)17(23)21-11-13-9-8-12(10-20-13)16(22)24-2/h4-10H,11H2,1-3H3,(H,21,23)/t18-/m1/s1. The first kappa shape index (κ1) is 18.5. The van der Waals surface area contributed by atoms with Gasteiger partial charge >= 0.3 is 5.97 Å². The highest BCUT2D eigenvalue weighted by Gasteiger charge is 2.37. The van der Waals surface area contributed by atoms with E-state index in [2.05, 4.69) is 15.0 Å². The molecule has 1 aromatic heterocycles. The van der Waals surface area contributed by atoms with Crippen LogP contribution in [0.1, 0.15) is 28.5 Å². The van der Waals surface area contributed by atoms with Gasteiger partial charge in [-0.3, -0.25) is 9.78 Å². The molecule has 0 aliphatic carbocycles. The lowest BCUT2D eigenvalue weighted by atomic mass is 9.94. The van der Waals surface area contributed by atoms with Crippen LogP contribution in [0.2, 0.25) is 0 Å². The Morgan fingerprint density at radius 2 is 1.92 bits per heavy atom. The molecule has 1 atom stereocenters. The third-order valence-corrected chi connectivity index (χ3v) is 3.91. The van der Waals surface area contributed by atoms with Crippen LogP contribution in [-0.4, -0.2) is 31.1 Å². The quantitative estimate of drug-likeness (QED) is 0.811. The van der Waals surface area contributed by atoms with Crippen LogP contribution in [0.4, 0.5) is 4.39 Å². The van der Waals surface area contributed by atoms with E-state index in [4.69, 9.17) is 4.74 Å². The van der Waals surface area contributed by atoms with Crippen molar-refractivity contribution in [2.24, 2.45) is 0 Å². The molecule has 2 aromatic rings. The highest BCUT2D eigenvalue weighted by Crippen LogP contribution is 2.27. The van der Waals surface area contributed by atoms with Crippen LogP contribution in [0.15, 0.2) is 42.6 Å². The molecule has 0 spiro atoms. The van der Waals surface area contributed by atoms with Gasteiger partial charge in [-0.2, -0.15) is 0 Å². The van der Waals surface area contributed by atoms with Crippen LogP contribution >= 0.6 is 0 Å². The fraction of sp³-hybridized carbons (Fsp3) is 0.278. The summed E-state index contributed by atoms with van der Waals surface area (Å²) in [5, 5.41) is 2.67. The summed E-state index contributed by atoms with van der Waals surface area (Å²) in [6, 6.07) is 9.09. The second-order valence-electron chi connectivity index (χ2n) is 5.43. The maximum absolute atomic E-state index is 14.0. The van der Waals surface area contributed by atoms with Crippen LogP contribution in [0.5, 0.6) is 0 Å². The Morgan fingerprint density at radius 1 is 1.20 bits per heavy atom. The Bertz CT molecular complexity index is 764. The van der Waals surface area contributed by atoms with E-state index in [-0.39, 0.29) is 12.1 Å². The van der Waals surface area contributed by atoms with Crippen molar-refractivity contribution in [1.29, 1.82) is 0 Å². The number of halogens is 1. The summed E-state index contributed by atoms with van der Waals surface area (Å²) in [4.78, 5) is 28.0. The molecular weight excluding hydrogens is 327 g/mol. The number of ether oxygens (including phenoxy) is 2. The predicted octanol–water partition coefficient (Wildman–Crippen LogP) is 2.19. The number of nitrogens with one attached hydrogen (secondary N) is 1. The predicted molar refractivity (Wildman–Crippen MR) is 88.2 cm³/mol. The van der Waals surface area contributed by atoms with E-state index in [1.54, 1.807) is 24.3 Å². The molecule has 0 bridgehead atoms. The fourth-order valence-corrected chi connectivity index (χ4v) is 2.28. The van der Waals surface area contributed by atoms with Gasteiger partial charge in [0.15, 0.2) is 5.60 Å². The van der Waals surface area contributed by atoms with Crippen LogP contribution in [0.25, 0.3) is 0 Å². The Morgan fingerprint density at radius 3 is 2.48 bits per heavy atom. The lowest BCUT2D eigenvalue weighted by Gasteiger charge is -2.27. The molecule has 1 heterocycles. The van der Waals surface area contributed by atoms with Gasteiger partial charge in [0, 0.05) is 18.9 Å². The van der Waals surface area contributed by atoms with Gasteiger partial charge in [-0.15, -0.1) is 0 Å². The number of carbonyl (C=O) groups is 2.